The van der Waals surface area contributed by atoms with Crippen LogP contribution in [0.1, 0.15) is 12.0 Å². The molecule has 138 valence electrons. The molecule has 0 saturated heterocycles. The number of hydrogen-bond acceptors (Lipinski definition) is 3. The smallest absolute Gasteiger partial charge is 0.119 e. The van der Waals surface area contributed by atoms with Crippen LogP contribution in [0.2, 0.25) is 0 Å². The molecule has 0 fully saturated rings. The first kappa shape index (κ1) is 17.6. The molecular weight excluding hydrogens is 334 g/mol. The van der Waals surface area contributed by atoms with Crippen molar-refractivity contribution in [1.29, 1.82) is 0 Å². The van der Waals surface area contributed by atoms with Crippen molar-refractivity contribution in [1.82, 2.24) is 0 Å². The van der Waals surface area contributed by atoms with E-state index in [1.54, 1.807) is 0 Å². The molecule has 0 radical (unpaired) electrons. The Bertz CT molecular complexity index is 861. The highest BCUT2D eigenvalue weighted by molar-refractivity contribution is 5.63. The average molecular weight is 359 g/mol. The maximum Gasteiger partial charge on any atom is 0.119 e. The molecule has 1 aliphatic rings. The second-order valence-electron chi connectivity index (χ2n) is 7.03. The van der Waals surface area contributed by atoms with Crippen molar-refractivity contribution in [3.05, 3.63) is 84.4 Å². The van der Waals surface area contributed by atoms with E-state index in [0.29, 0.717) is 13.2 Å². The molecular formula is C24H25NO2. The van der Waals surface area contributed by atoms with Crippen molar-refractivity contribution in [2.24, 2.45) is 0 Å². The number of hydrogen-bond donors (Lipinski definition) is 1. The molecule has 1 heterocycles. The zero-order valence-corrected chi connectivity index (χ0v) is 15.4. The Kier molecular flexibility index (Phi) is 5.40. The van der Waals surface area contributed by atoms with Gasteiger partial charge in [0.15, 0.2) is 0 Å². The van der Waals surface area contributed by atoms with E-state index in [4.69, 9.17) is 4.74 Å². The van der Waals surface area contributed by atoms with E-state index in [-0.39, 0.29) is 0 Å². The highest BCUT2D eigenvalue weighted by Crippen LogP contribution is 2.27. The number of ether oxygens (including phenoxy) is 1. The van der Waals surface area contributed by atoms with Gasteiger partial charge < -0.3 is 14.7 Å². The quantitative estimate of drug-likeness (QED) is 0.701. The van der Waals surface area contributed by atoms with Crippen LogP contribution in [0.3, 0.4) is 0 Å². The Labute approximate surface area is 160 Å². The van der Waals surface area contributed by atoms with Gasteiger partial charge in [0, 0.05) is 18.8 Å². The molecule has 4 rings (SSSR count). The summed E-state index contributed by atoms with van der Waals surface area (Å²) in [7, 11) is 0. The third-order valence-corrected chi connectivity index (χ3v) is 5.04. The van der Waals surface area contributed by atoms with Crippen molar-refractivity contribution >= 4 is 5.69 Å². The first-order valence-corrected chi connectivity index (χ1v) is 9.59. The van der Waals surface area contributed by atoms with E-state index >= 15 is 0 Å². The Morgan fingerprint density at radius 3 is 2.37 bits per heavy atom. The van der Waals surface area contributed by atoms with Crippen LogP contribution in [0.4, 0.5) is 5.69 Å². The third kappa shape index (κ3) is 4.32. The fourth-order valence-corrected chi connectivity index (χ4v) is 3.67. The van der Waals surface area contributed by atoms with E-state index < -0.39 is 6.10 Å². The Hall–Kier alpha value is -2.78. The van der Waals surface area contributed by atoms with Crippen LogP contribution in [0.25, 0.3) is 11.1 Å². The van der Waals surface area contributed by atoms with Crippen LogP contribution in [0.5, 0.6) is 5.75 Å². The number of nitrogens with zero attached hydrogens (tertiary/aromatic N) is 1. The summed E-state index contributed by atoms with van der Waals surface area (Å²) < 4.78 is 5.81. The molecule has 1 atom stereocenters. The van der Waals surface area contributed by atoms with Gasteiger partial charge in [0.1, 0.15) is 18.5 Å². The van der Waals surface area contributed by atoms with Crippen molar-refractivity contribution < 1.29 is 9.84 Å². The Morgan fingerprint density at radius 2 is 1.56 bits per heavy atom. The van der Waals surface area contributed by atoms with Crippen LogP contribution >= 0.6 is 0 Å². The van der Waals surface area contributed by atoms with Gasteiger partial charge in [0.25, 0.3) is 0 Å². The lowest BCUT2D eigenvalue weighted by atomic mass is 10.0. The number of β-amino-alcohol motifs (C(OH)–C–C–N with tert-alkyl or cyclic N) is 1. The first-order chi connectivity index (χ1) is 13.3. The van der Waals surface area contributed by atoms with Crippen LogP contribution in [-0.2, 0) is 6.42 Å². The van der Waals surface area contributed by atoms with Crippen LogP contribution < -0.4 is 9.64 Å². The summed E-state index contributed by atoms with van der Waals surface area (Å²) in [6.45, 7) is 1.88. The number of fused-ring (bicyclic) bond motifs is 1. The van der Waals surface area contributed by atoms with Crippen molar-refractivity contribution in [3.63, 3.8) is 0 Å². The minimum atomic E-state index is -0.523. The second kappa shape index (κ2) is 8.28. The second-order valence-corrected chi connectivity index (χ2v) is 7.03. The van der Waals surface area contributed by atoms with Crippen molar-refractivity contribution in [2.75, 3.05) is 24.6 Å². The predicted molar refractivity (Wildman–Crippen MR) is 110 cm³/mol. The normalized spacial score (nSPS) is 14.5. The molecule has 0 aliphatic carbocycles. The van der Waals surface area contributed by atoms with Gasteiger partial charge >= 0.3 is 0 Å². The lowest BCUT2D eigenvalue weighted by Crippen LogP contribution is -2.38. The summed E-state index contributed by atoms with van der Waals surface area (Å²) in [6, 6.07) is 26.8. The van der Waals surface area contributed by atoms with Gasteiger partial charge in [-0.1, -0.05) is 60.7 Å². The van der Waals surface area contributed by atoms with Gasteiger partial charge in [0.2, 0.25) is 0 Å². The summed E-state index contributed by atoms with van der Waals surface area (Å²) in [4.78, 5) is 2.27. The summed E-state index contributed by atoms with van der Waals surface area (Å²) >= 11 is 0. The van der Waals surface area contributed by atoms with Crippen LogP contribution in [-0.4, -0.2) is 30.9 Å². The lowest BCUT2D eigenvalue weighted by Gasteiger charge is -2.32. The molecule has 0 aromatic heterocycles. The van der Waals surface area contributed by atoms with Gasteiger partial charge in [-0.25, -0.2) is 0 Å². The zero-order valence-electron chi connectivity index (χ0n) is 15.4. The molecule has 0 unspecified atom stereocenters. The number of benzene rings is 3. The van der Waals surface area contributed by atoms with E-state index in [1.165, 1.54) is 16.8 Å². The largest absolute Gasteiger partial charge is 0.491 e. The molecule has 3 aromatic carbocycles. The zero-order chi connectivity index (χ0) is 18.5. The maximum absolute atomic E-state index is 10.5. The van der Waals surface area contributed by atoms with Gasteiger partial charge in [-0.3, -0.25) is 0 Å². The molecule has 0 amide bonds. The van der Waals surface area contributed by atoms with Crippen molar-refractivity contribution in [3.8, 4) is 16.9 Å². The topological polar surface area (TPSA) is 32.7 Å². The SMILES string of the molecule is O[C@H](COc1ccc(-c2ccccc2)cc1)CN1CCCc2ccccc21. The van der Waals surface area contributed by atoms with Gasteiger partial charge in [-0.2, -0.15) is 0 Å². The fraction of sp³-hybridized carbons (Fsp3) is 0.250. The maximum atomic E-state index is 10.5. The van der Waals surface area contributed by atoms with Crippen molar-refractivity contribution in [2.45, 2.75) is 18.9 Å². The van der Waals surface area contributed by atoms with E-state index in [9.17, 15) is 5.11 Å². The predicted octanol–water partition coefficient (Wildman–Crippen LogP) is 4.55. The monoisotopic (exact) mass is 359 g/mol. The number of aryl methyl sites for hydroxylation is 1. The number of aliphatic hydroxyl groups is 1. The molecule has 3 nitrogen and oxygen atoms in total. The summed E-state index contributed by atoms with van der Waals surface area (Å²) in [5.41, 5.74) is 4.96. The summed E-state index contributed by atoms with van der Waals surface area (Å²) in [5.74, 6) is 0.785. The first-order valence-electron chi connectivity index (χ1n) is 9.59. The number of para-hydroxylation sites is 1. The molecule has 1 aliphatic heterocycles. The van der Waals surface area contributed by atoms with E-state index in [1.807, 2.05) is 30.3 Å². The molecule has 0 spiro atoms. The molecule has 3 aromatic rings. The van der Waals surface area contributed by atoms with E-state index in [2.05, 4.69) is 53.4 Å². The molecule has 1 N–H and O–H groups in total. The molecule has 0 saturated carbocycles. The molecule has 27 heavy (non-hydrogen) atoms. The highest BCUT2D eigenvalue weighted by Gasteiger charge is 2.19. The van der Waals surface area contributed by atoms with Gasteiger partial charge in [-0.05, 0) is 47.7 Å². The molecule has 3 heteroatoms. The molecule has 0 bridgehead atoms. The van der Waals surface area contributed by atoms with E-state index in [0.717, 1.165) is 30.7 Å². The van der Waals surface area contributed by atoms with Crippen LogP contribution in [0, 0.1) is 0 Å². The number of aliphatic hydroxyl groups excluding tert-OH is 1. The van der Waals surface area contributed by atoms with Crippen LogP contribution in [0.15, 0.2) is 78.9 Å². The lowest BCUT2D eigenvalue weighted by molar-refractivity contribution is 0.112. The standard InChI is InChI=1S/C24H25NO2/c26-22(17-25-16-6-10-21-9-4-5-11-24(21)25)18-27-23-14-12-20(13-15-23)19-7-2-1-3-8-19/h1-5,7-9,11-15,22,26H,6,10,16-18H2/t22-/m0/s1. The van der Waals surface area contributed by atoms with Gasteiger partial charge in [0.05, 0.1) is 0 Å². The number of rotatable bonds is 6. The average Bonchev–Trinajstić information content (AvgIpc) is 2.74. The minimum absolute atomic E-state index is 0.295. The summed E-state index contributed by atoms with van der Waals surface area (Å²) in [5, 5.41) is 10.5. The van der Waals surface area contributed by atoms with Gasteiger partial charge in [-0.15, -0.1) is 0 Å². The summed E-state index contributed by atoms with van der Waals surface area (Å²) in [6.07, 6.45) is 1.73. The Balaban J connectivity index is 1.33. The fourth-order valence-electron chi connectivity index (χ4n) is 3.67. The number of anilines is 1. The highest BCUT2D eigenvalue weighted by atomic mass is 16.5. The minimum Gasteiger partial charge on any atom is -0.491 e. The third-order valence-electron chi connectivity index (χ3n) is 5.04. The Morgan fingerprint density at radius 1 is 0.852 bits per heavy atom.